The Balaban J connectivity index is 1.42. The number of nitrogens with zero attached hydrogens (tertiary/aromatic N) is 5. The van der Waals surface area contributed by atoms with Crippen LogP contribution in [-0.4, -0.2) is 42.9 Å². The standard InChI is InChI=1S/C39H36F3N7O5S/c1-22-23(2)27(19-33(24(22)3)55(52,53)54)18-29-12-15-34(45-29)38(5,6)46-36(50)48-35(32-16-17-44-49(32)30-13-10-26(21-43)11-14-30)25(4)47(37(48)51)31-9-7-8-28(20-31)39(40,41)42/h7-17,19-20,45H,18H2,1-6H3,(H,46,50)(H,52,53,54). The van der Waals surface area contributed by atoms with Crippen LogP contribution < -0.4 is 11.0 Å². The minimum atomic E-state index is -4.70. The van der Waals surface area contributed by atoms with Crippen molar-refractivity contribution in [1.29, 1.82) is 5.26 Å². The maximum absolute atomic E-state index is 14.4. The van der Waals surface area contributed by atoms with E-state index >= 15 is 0 Å². The number of alkyl halides is 3. The molecule has 0 aliphatic heterocycles. The first-order valence-corrected chi connectivity index (χ1v) is 18.3. The van der Waals surface area contributed by atoms with E-state index in [-0.39, 0.29) is 34.1 Å². The first-order chi connectivity index (χ1) is 25.7. The lowest BCUT2D eigenvalue weighted by Gasteiger charge is -2.25. The fourth-order valence-electron chi connectivity index (χ4n) is 6.62. The van der Waals surface area contributed by atoms with Gasteiger partial charge in [-0.05, 0) is 131 Å². The van der Waals surface area contributed by atoms with E-state index in [1.165, 1.54) is 36.0 Å². The molecule has 0 bridgehead atoms. The molecule has 0 spiro atoms. The van der Waals surface area contributed by atoms with Gasteiger partial charge in [-0.25, -0.2) is 18.8 Å². The third-order valence-electron chi connectivity index (χ3n) is 9.82. The highest BCUT2D eigenvalue weighted by Crippen LogP contribution is 2.33. The summed E-state index contributed by atoms with van der Waals surface area (Å²) in [5.41, 5.74) is 2.06. The van der Waals surface area contributed by atoms with E-state index in [4.69, 9.17) is 0 Å². The van der Waals surface area contributed by atoms with Crippen LogP contribution in [0.5, 0.6) is 0 Å². The van der Waals surface area contributed by atoms with Crippen molar-refractivity contribution in [1.82, 2.24) is 29.2 Å². The fraction of sp³-hybridized carbons (Fsp3) is 0.231. The molecule has 0 aliphatic rings. The van der Waals surface area contributed by atoms with Crippen molar-refractivity contribution in [3.8, 4) is 28.8 Å². The van der Waals surface area contributed by atoms with Crippen LogP contribution >= 0.6 is 0 Å². The Bertz CT molecular complexity index is 2690. The molecule has 0 saturated heterocycles. The molecule has 3 N–H and O–H groups in total. The molecule has 0 unspecified atom stereocenters. The van der Waals surface area contributed by atoms with Crippen molar-refractivity contribution >= 4 is 16.1 Å². The number of nitriles is 1. The number of aromatic amines is 1. The van der Waals surface area contributed by atoms with Gasteiger partial charge in [0, 0.05) is 17.8 Å². The van der Waals surface area contributed by atoms with Crippen molar-refractivity contribution < 1.29 is 30.9 Å². The minimum Gasteiger partial charge on any atom is -0.360 e. The molecule has 3 aromatic carbocycles. The number of rotatable bonds is 8. The van der Waals surface area contributed by atoms with Crippen molar-refractivity contribution in [2.24, 2.45) is 0 Å². The lowest BCUT2D eigenvalue weighted by atomic mass is 9.96. The number of H-pyrrole nitrogens is 1. The van der Waals surface area contributed by atoms with Crippen molar-refractivity contribution in [2.45, 2.75) is 64.6 Å². The van der Waals surface area contributed by atoms with Crippen LogP contribution in [0.4, 0.5) is 18.0 Å². The molecule has 0 atom stereocenters. The quantitative estimate of drug-likeness (QED) is 0.137. The summed E-state index contributed by atoms with van der Waals surface area (Å²) in [5.74, 6) is 0. The first-order valence-electron chi connectivity index (χ1n) is 16.9. The predicted molar refractivity (Wildman–Crippen MR) is 198 cm³/mol. The zero-order valence-corrected chi connectivity index (χ0v) is 31.4. The van der Waals surface area contributed by atoms with Gasteiger partial charge in [-0.2, -0.15) is 31.9 Å². The number of amides is 1. The number of aromatic nitrogens is 5. The van der Waals surface area contributed by atoms with E-state index in [2.05, 4.69) is 15.4 Å². The third kappa shape index (κ3) is 7.23. The van der Waals surface area contributed by atoms with Crippen LogP contribution in [0.25, 0.3) is 22.8 Å². The summed E-state index contributed by atoms with van der Waals surface area (Å²) in [6, 6.07) is 18.3. The van der Waals surface area contributed by atoms with Crippen LogP contribution in [0.3, 0.4) is 0 Å². The second-order valence-electron chi connectivity index (χ2n) is 13.7. The van der Waals surface area contributed by atoms with Crippen molar-refractivity contribution in [3.05, 3.63) is 140 Å². The normalized spacial score (nSPS) is 12.2. The molecule has 0 radical (unpaired) electrons. The molecule has 3 aromatic heterocycles. The highest BCUT2D eigenvalue weighted by atomic mass is 32.2. The zero-order chi connectivity index (χ0) is 40.2. The SMILES string of the molecule is Cc1c(Cc2ccc(C(C)(C)NC(=O)n3c(-c4ccnn4-c4ccc(C#N)cc4)c(C)n(-c4cccc(C(F)(F)F)c4)c3=O)[nH]2)cc(S(=O)(=O)O)c(C)c1C. The summed E-state index contributed by atoms with van der Waals surface area (Å²) in [5, 5.41) is 16.6. The molecule has 0 fully saturated rings. The molecule has 6 aromatic rings. The average Bonchev–Trinajstić information content (AvgIpc) is 3.85. The summed E-state index contributed by atoms with van der Waals surface area (Å²) >= 11 is 0. The number of nitrogens with one attached hydrogen (secondary N) is 2. The number of halogens is 3. The molecule has 284 valence electrons. The van der Waals surface area contributed by atoms with E-state index in [1.807, 2.05) is 13.0 Å². The Hall–Kier alpha value is -6.18. The molecular weight excluding hydrogens is 736 g/mol. The van der Waals surface area contributed by atoms with Crippen molar-refractivity contribution in [3.63, 3.8) is 0 Å². The number of carbonyl (C=O) groups excluding carboxylic acids is 1. The summed E-state index contributed by atoms with van der Waals surface area (Å²) in [7, 11) is -4.47. The maximum atomic E-state index is 14.4. The van der Waals surface area contributed by atoms with E-state index in [0.29, 0.717) is 33.8 Å². The zero-order valence-electron chi connectivity index (χ0n) is 30.6. The van der Waals surface area contributed by atoms with Crippen LogP contribution in [-0.2, 0) is 28.3 Å². The molecule has 16 heteroatoms. The van der Waals surface area contributed by atoms with Gasteiger partial charge < -0.3 is 10.3 Å². The number of benzene rings is 3. The Labute approximate surface area is 314 Å². The highest BCUT2D eigenvalue weighted by molar-refractivity contribution is 7.85. The molecule has 1 amide bonds. The van der Waals surface area contributed by atoms with Gasteiger partial charge in [-0.3, -0.25) is 9.12 Å². The summed E-state index contributed by atoms with van der Waals surface area (Å²) in [6.07, 6.45) is -2.98. The Morgan fingerprint density at radius 3 is 2.27 bits per heavy atom. The topological polar surface area (TPSA) is 168 Å². The van der Waals surface area contributed by atoms with Gasteiger partial charge >= 0.3 is 17.9 Å². The smallest absolute Gasteiger partial charge is 0.360 e. The van der Waals surface area contributed by atoms with Gasteiger partial charge in [-0.1, -0.05) is 6.07 Å². The molecule has 0 saturated carbocycles. The Kier molecular flexibility index (Phi) is 9.75. The first kappa shape index (κ1) is 38.5. The largest absolute Gasteiger partial charge is 0.416 e. The number of hydrogen-bond acceptors (Lipinski definition) is 6. The summed E-state index contributed by atoms with van der Waals surface area (Å²) in [4.78, 5) is 31.8. The fourth-order valence-corrected chi connectivity index (χ4v) is 7.45. The molecule has 0 aliphatic carbocycles. The average molecular weight is 772 g/mol. The van der Waals surface area contributed by atoms with E-state index in [9.17, 15) is 41.0 Å². The lowest BCUT2D eigenvalue weighted by molar-refractivity contribution is -0.137. The van der Waals surface area contributed by atoms with Gasteiger partial charge in [0.05, 0.1) is 56.6 Å². The molecule has 12 nitrogen and oxygen atoms in total. The predicted octanol–water partition coefficient (Wildman–Crippen LogP) is 7.27. The van der Waals surface area contributed by atoms with Gasteiger partial charge in [0.2, 0.25) is 0 Å². The van der Waals surface area contributed by atoms with E-state index in [1.54, 1.807) is 70.2 Å². The van der Waals surface area contributed by atoms with Gasteiger partial charge in [-0.15, -0.1) is 0 Å². The number of hydrogen-bond donors (Lipinski definition) is 3. The molecule has 55 heavy (non-hydrogen) atoms. The van der Waals surface area contributed by atoms with Crippen LogP contribution in [0.15, 0.2) is 88.7 Å². The van der Waals surface area contributed by atoms with E-state index in [0.717, 1.165) is 32.4 Å². The van der Waals surface area contributed by atoms with Crippen LogP contribution in [0, 0.1) is 39.0 Å². The summed E-state index contributed by atoms with van der Waals surface area (Å²) in [6.45, 7) is 10.2. The highest BCUT2D eigenvalue weighted by Gasteiger charge is 2.34. The van der Waals surface area contributed by atoms with E-state index < -0.39 is 39.1 Å². The maximum Gasteiger partial charge on any atom is 0.416 e. The van der Waals surface area contributed by atoms with Crippen molar-refractivity contribution in [2.75, 3.05) is 0 Å². The van der Waals surface area contributed by atoms with Gasteiger partial charge in [0.1, 0.15) is 5.69 Å². The molecule has 3 heterocycles. The Morgan fingerprint density at radius 2 is 1.64 bits per heavy atom. The molecular formula is C39H36F3N7O5S. The second kappa shape index (κ2) is 13.9. The van der Waals surface area contributed by atoms with Crippen LogP contribution in [0.2, 0.25) is 0 Å². The van der Waals surface area contributed by atoms with Gasteiger partial charge in [0.15, 0.2) is 0 Å². The molecule has 6 rings (SSSR count). The summed E-state index contributed by atoms with van der Waals surface area (Å²) < 4.78 is 78.7. The lowest BCUT2D eigenvalue weighted by Crippen LogP contribution is -2.46. The minimum absolute atomic E-state index is 0.0598. The monoisotopic (exact) mass is 771 g/mol. The van der Waals surface area contributed by atoms with Gasteiger partial charge in [0.25, 0.3) is 10.1 Å². The van der Waals surface area contributed by atoms with Crippen LogP contribution in [0.1, 0.15) is 64.3 Å². The third-order valence-corrected chi connectivity index (χ3v) is 10.8. The second-order valence-corrected chi connectivity index (χ2v) is 15.1. The number of carbonyl (C=O) groups is 1. The number of imidazole rings is 1. The Morgan fingerprint density at radius 1 is 0.945 bits per heavy atom.